The zero-order chi connectivity index (χ0) is 29.8. The molecule has 1 saturated carbocycles. The maximum absolute atomic E-state index is 14.5. The lowest BCUT2D eigenvalue weighted by Crippen LogP contribution is -2.44. The molecule has 7 nitrogen and oxygen atoms in total. The smallest absolute Gasteiger partial charge is 0.192 e. The van der Waals surface area contributed by atoms with Gasteiger partial charge in [-0.1, -0.05) is 32.9 Å². The molecule has 228 valence electrons. The second-order valence-electron chi connectivity index (χ2n) is 13.1. The average Bonchev–Trinajstić information content (AvgIpc) is 3.78. The molecule has 2 N–H and O–H groups in total. The van der Waals surface area contributed by atoms with Crippen molar-refractivity contribution < 1.29 is 17.2 Å². The fourth-order valence-electron chi connectivity index (χ4n) is 5.02. The van der Waals surface area contributed by atoms with Gasteiger partial charge in [-0.3, -0.25) is 0 Å². The standard InChI is InChI=1S/C20H33FN2OSi.C11H16N2O2S/c1-20(2,3)25(4,5)24-19(15-6-7-15)16-8-9-17(21)18(14-16)23-12-10-22-11-13-23;1-16(14,15)11-4-2-3-10(9-11)13-7-5-12-6-8-13/h8-9,14-15,19,22H,6-7,10-13H2,1-5H3;2-4,9,12H,5-8H2,1H3. The molecule has 0 bridgehead atoms. The molecular weight excluding hydrogens is 556 g/mol. The molecule has 2 heterocycles. The van der Waals surface area contributed by atoms with Gasteiger partial charge < -0.3 is 24.9 Å². The van der Waals surface area contributed by atoms with Crippen molar-refractivity contribution in [2.45, 2.75) is 62.7 Å². The minimum atomic E-state index is -3.11. The maximum Gasteiger partial charge on any atom is 0.192 e. The summed E-state index contributed by atoms with van der Waals surface area (Å²) in [6.07, 6.45) is 3.80. The summed E-state index contributed by atoms with van der Waals surface area (Å²) in [6.45, 7) is 18.7. The highest BCUT2D eigenvalue weighted by Crippen LogP contribution is 2.49. The van der Waals surface area contributed by atoms with Gasteiger partial charge in [-0.2, -0.15) is 0 Å². The summed E-state index contributed by atoms with van der Waals surface area (Å²) in [5.74, 6) is 0.475. The molecule has 5 rings (SSSR count). The van der Waals surface area contributed by atoms with Crippen molar-refractivity contribution in [2.75, 3.05) is 68.4 Å². The van der Waals surface area contributed by atoms with E-state index in [-0.39, 0.29) is 17.0 Å². The fraction of sp³-hybridized carbons (Fsp3) is 0.613. The SMILES string of the molecule is CC(C)(C)[Si](C)(C)OC(c1ccc(F)c(N2CCNCC2)c1)C1CC1.CS(=O)(=O)c1cccc(N2CCNCC2)c1. The summed E-state index contributed by atoms with van der Waals surface area (Å²) in [7, 11) is -4.97. The zero-order valence-electron chi connectivity index (χ0n) is 25.7. The molecule has 1 unspecified atom stereocenters. The van der Waals surface area contributed by atoms with Crippen LogP contribution in [-0.2, 0) is 14.3 Å². The predicted octanol–water partition coefficient (Wildman–Crippen LogP) is 5.21. The quantitative estimate of drug-likeness (QED) is 0.421. The maximum atomic E-state index is 14.5. The molecule has 1 aliphatic carbocycles. The van der Waals surface area contributed by atoms with Crippen molar-refractivity contribution in [3.8, 4) is 0 Å². The second kappa shape index (κ2) is 13.1. The molecule has 0 amide bonds. The Kier molecular flexibility index (Phi) is 10.2. The zero-order valence-corrected chi connectivity index (χ0v) is 27.5. The number of hydrogen-bond acceptors (Lipinski definition) is 7. The van der Waals surface area contributed by atoms with E-state index >= 15 is 0 Å². The molecule has 3 aliphatic rings. The first-order chi connectivity index (χ1) is 19.3. The fourth-order valence-corrected chi connectivity index (χ4v) is 7.00. The first kappa shape index (κ1) is 31.9. The van der Waals surface area contributed by atoms with Crippen LogP contribution in [0.2, 0.25) is 18.1 Å². The van der Waals surface area contributed by atoms with Crippen LogP contribution in [0.5, 0.6) is 0 Å². The molecule has 2 aliphatic heterocycles. The van der Waals surface area contributed by atoms with Gasteiger partial charge in [0, 0.05) is 64.3 Å². The van der Waals surface area contributed by atoms with Crippen LogP contribution >= 0.6 is 0 Å². The molecule has 0 spiro atoms. The number of nitrogens with zero attached hydrogens (tertiary/aromatic N) is 2. The monoisotopic (exact) mass is 604 g/mol. The van der Waals surface area contributed by atoms with Gasteiger partial charge in [0.15, 0.2) is 18.2 Å². The van der Waals surface area contributed by atoms with Crippen LogP contribution in [0.25, 0.3) is 0 Å². The summed E-state index contributed by atoms with van der Waals surface area (Å²) in [5, 5.41) is 6.79. The Balaban J connectivity index is 0.000000208. The number of nitrogens with one attached hydrogen (secondary N) is 2. The van der Waals surface area contributed by atoms with E-state index in [0.29, 0.717) is 10.8 Å². The lowest BCUT2D eigenvalue weighted by Gasteiger charge is -2.40. The van der Waals surface area contributed by atoms with Crippen LogP contribution in [0.1, 0.15) is 45.3 Å². The van der Waals surface area contributed by atoms with E-state index in [9.17, 15) is 12.8 Å². The average molecular weight is 605 g/mol. The Hall–Kier alpha value is -1.98. The Morgan fingerprint density at radius 3 is 2.05 bits per heavy atom. The first-order valence-corrected chi connectivity index (χ1v) is 19.7. The minimum absolute atomic E-state index is 0.114. The highest BCUT2D eigenvalue weighted by atomic mass is 32.2. The molecule has 0 aromatic heterocycles. The second-order valence-corrected chi connectivity index (χ2v) is 19.9. The Morgan fingerprint density at radius 2 is 1.51 bits per heavy atom. The summed E-state index contributed by atoms with van der Waals surface area (Å²) in [5.41, 5.74) is 2.88. The highest BCUT2D eigenvalue weighted by molar-refractivity contribution is 7.90. The molecule has 10 heteroatoms. The van der Waals surface area contributed by atoms with Gasteiger partial charge in [-0.25, -0.2) is 12.8 Å². The van der Waals surface area contributed by atoms with E-state index < -0.39 is 18.2 Å². The lowest BCUT2D eigenvalue weighted by atomic mass is 10.0. The molecule has 2 aromatic rings. The van der Waals surface area contributed by atoms with Gasteiger partial charge in [0.2, 0.25) is 0 Å². The van der Waals surface area contributed by atoms with E-state index in [1.165, 1.54) is 19.1 Å². The third-order valence-corrected chi connectivity index (χ3v) is 14.3. The van der Waals surface area contributed by atoms with Gasteiger partial charge in [0.05, 0.1) is 16.7 Å². The van der Waals surface area contributed by atoms with Crippen molar-refractivity contribution in [3.05, 3.63) is 53.8 Å². The predicted molar refractivity (Wildman–Crippen MR) is 170 cm³/mol. The summed E-state index contributed by atoms with van der Waals surface area (Å²) in [4.78, 5) is 4.75. The number of piperazine rings is 2. The first-order valence-electron chi connectivity index (χ1n) is 14.9. The Bertz CT molecular complexity index is 1270. The highest BCUT2D eigenvalue weighted by Gasteiger charge is 2.43. The van der Waals surface area contributed by atoms with Crippen molar-refractivity contribution in [3.63, 3.8) is 0 Å². The molecular formula is C31H49FN4O3SSi. The molecule has 2 saturated heterocycles. The number of anilines is 2. The van der Waals surface area contributed by atoms with Gasteiger partial charge in [-0.15, -0.1) is 0 Å². The third kappa shape index (κ3) is 8.53. The summed E-state index contributed by atoms with van der Waals surface area (Å²) in [6, 6.07) is 12.8. The third-order valence-electron chi connectivity index (χ3n) is 8.76. The van der Waals surface area contributed by atoms with E-state index in [4.69, 9.17) is 4.43 Å². The van der Waals surface area contributed by atoms with E-state index in [0.717, 1.165) is 69.3 Å². The molecule has 0 radical (unpaired) electrons. The Labute approximate surface area is 247 Å². The summed E-state index contributed by atoms with van der Waals surface area (Å²) < 4.78 is 44.1. The molecule has 2 aromatic carbocycles. The van der Waals surface area contributed by atoms with Crippen LogP contribution < -0.4 is 20.4 Å². The van der Waals surface area contributed by atoms with Gasteiger partial charge in [0.25, 0.3) is 0 Å². The van der Waals surface area contributed by atoms with Gasteiger partial charge in [0.1, 0.15) is 5.82 Å². The number of halogens is 1. The lowest BCUT2D eigenvalue weighted by molar-refractivity contribution is 0.161. The van der Waals surface area contributed by atoms with E-state index in [1.54, 1.807) is 24.3 Å². The van der Waals surface area contributed by atoms with Crippen molar-refractivity contribution >= 4 is 29.5 Å². The van der Waals surface area contributed by atoms with Crippen LogP contribution in [0, 0.1) is 11.7 Å². The Morgan fingerprint density at radius 1 is 0.927 bits per heavy atom. The van der Waals surface area contributed by atoms with Crippen molar-refractivity contribution in [1.82, 2.24) is 10.6 Å². The topological polar surface area (TPSA) is 73.9 Å². The normalized spacial score (nSPS) is 19.4. The molecule has 3 fully saturated rings. The van der Waals surface area contributed by atoms with Crippen LogP contribution in [-0.4, -0.2) is 75.3 Å². The minimum Gasteiger partial charge on any atom is -0.410 e. The van der Waals surface area contributed by atoms with Gasteiger partial charge >= 0.3 is 0 Å². The van der Waals surface area contributed by atoms with E-state index in [1.807, 2.05) is 12.1 Å². The van der Waals surface area contributed by atoms with Crippen LogP contribution in [0.4, 0.5) is 15.8 Å². The van der Waals surface area contributed by atoms with Gasteiger partial charge in [-0.05, 0) is 72.8 Å². The number of hydrogen-bond donors (Lipinski definition) is 2. The van der Waals surface area contributed by atoms with E-state index in [2.05, 4.69) is 60.4 Å². The van der Waals surface area contributed by atoms with Crippen molar-refractivity contribution in [1.29, 1.82) is 0 Å². The summed E-state index contributed by atoms with van der Waals surface area (Å²) >= 11 is 0. The van der Waals surface area contributed by atoms with Crippen LogP contribution in [0.3, 0.4) is 0 Å². The molecule has 1 atom stereocenters. The van der Waals surface area contributed by atoms with Crippen molar-refractivity contribution in [2.24, 2.45) is 5.92 Å². The number of rotatable bonds is 7. The number of benzene rings is 2. The van der Waals surface area contributed by atoms with Crippen LogP contribution in [0.15, 0.2) is 47.4 Å². The largest absolute Gasteiger partial charge is 0.410 e. The molecule has 41 heavy (non-hydrogen) atoms. The number of sulfone groups is 1.